The van der Waals surface area contributed by atoms with Gasteiger partial charge in [0.25, 0.3) is 0 Å². The van der Waals surface area contributed by atoms with Gasteiger partial charge >= 0.3 is 5.97 Å². The second-order valence-electron chi connectivity index (χ2n) is 5.94. The van der Waals surface area contributed by atoms with Crippen molar-refractivity contribution in [2.24, 2.45) is 0 Å². The topological polar surface area (TPSA) is 65.9 Å². The third kappa shape index (κ3) is 4.15. The van der Waals surface area contributed by atoms with Gasteiger partial charge in [-0.3, -0.25) is 4.90 Å². The van der Waals surface area contributed by atoms with Gasteiger partial charge in [-0.2, -0.15) is 0 Å². The smallest absolute Gasteiger partial charge is 0.341 e. The zero-order chi connectivity index (χ0) is 15.5. The third-order valence-corrected chi connectivity index (χ3v) is 3.47. The highest BCUT2D eigenvalue weighted by molar-refractivity contribution is 5.94. The van der Waals surface area contributed by atoms with Gasteiger partial charge in [0.05, 0.1) is 12.7 Å². The van der Waals surface area contributed by atoms with E-state index in [2.05, 4.69) is 14.8 Å². The fourth-order valence-electron chi connectivity index (χ4n) is 2.58. The van der Waals surface area contributed by atoms with Gasteiger partial charge in [-0.15, -0.1) is 0 Å². The molecular formula is C15H23N3O3. The molecule has 0 bridgehead atoms. The Hall–Kier alpha value is -1.66. The van der Waals surface area contributed by atoms with E-state index in [1.54, 1.807) is 18.3 Å². The summed E-state index contributed by atoms with van der Waals surface area (Å²) in [5.74, 6) is 0.310. The standard InChI is InChI=1S/C15H23N3O3/c1-15(2,20)11-17-7-9-18(10-8-17)13-12(14(19)21-3)5-4-6-16-13/h4-6,20H,7-11H2,1-3H3. The maximum Gasteiger partial charge on any atom is 0.341 e. The summed E-state index contributed by atoms with van der Waals surface area (Å²) in [6.07, 6.45) is 1.69. The van der Waals surface area contributed by atoms with Gasteiger partial charge in [-0.25, -0.2) is 9.78 Å². The number of aromatic nitrogens is 1. The Balaban J connectivity index is 2.04. The van der Waals surface area contributed by atoms with Crippen LogP contribution in [0.5, 0.6) is 0 Å². The number of hydrogen-bond donors (Lipinski definition) is 1. The molecule has 0 spiro atoms. The normalized spacial score (nSPS) is 16.9. The molecule has 0 saturated carbocycles. The Morgan fingerprint density at radius 1 is 1.38 bits per heavy atom. The number of piperazine rings is 1. The molecule has 6 nitrogen and oxygen atoms in total. The van der Waals surface area contributed by atoms with Gasteiger partial charge in [-0.1, -0.05) is 0 Å². The van der Waals surface area contributed by atoms with Gasteiger partial charge in [0.2, 0.25) is 0 Å². The Bertz CT molecular complexity index is 491. The van der Waals surface area contributed by atoms with Crippen LogP contribution in [0.4, 0.5) is 5.82 Å². The summed E-state index contributed by atoms with van der Waals surface area (Å²) in [6, 6.07) is 3.47. The minimum absolute atomic E-state index is 0.364. The first-order valence-corrected chi connectivity index (χ1v) is 7.14. The van der Waals surface area contributed by atoms with Crippen molar-refractivity contribution in [1.29, 1.82) is 0 Å². The van der Waals surface area contributed by atoms with Crippen LogP contribution in [0.25, 0.3) is 0 Å². The quantitative estimate of drug-likeness (QED) is 0.827. The molecule has 0 aliphatic carbocycles. The lowest BCUT2D eigenvalue weighted by Gasteiger charge is -2.38. The number of pyridine rings is 1. The summed E-state index contributed by atoms with van der Waals surface area (Å²) in [5, 5.41) is 9.87. The van der Waals surface area contributed by atoms with Crippen molar-refractivity contribution in [3.05, 3.63) is 23.9 Å². The number of carbonyl (C=O) groups is 1. The molecule has 0 radical (unpaired) electrons. The number of ether oxygens (including phenoxy) is 1. The van der Waals surface area contributed by atoms with Crippen LogP contribution in [0, 0.1) is 0 Å². The fourth-order valence-corrected chi connectivity index (χ4v) is 2.58. The number of hydrogen-bond acceptors (Lipinski definition) is 6. The number of anilines is 1. The van der Waals surface area contributed by atoms with E-state index in [4.69, 9.17) is 4.74 Å². The molecule has 21 heavy (non-hydrogen) atoms. The highest BCUT2D eigenvalue weighted by Gasteiger charge is 2.25. The molecule has 0 atom stereocenters. The predicted molar refractivity (Wildman–Crippen MR) is 80.5 cm³/mol. The number of carbonyl (C=O) groups excluding carboxylic acids is 1. The summed E-state index contributed by atoms with van der Waals surface area (Å²) < 4.78 is 4.81. The first-order chi connectivity index (χ1) is 9.90. The second kappa shape index (κ2) is 6.41. The first kappa shape index (κ1) is 15.7. The number of rotatable bonds is 4. The van der Waals surface area contributed by atoms with Crippen molar-refractivity contribution in [3.8, 4) is 0 Å². The third-order valence-electron chi connectivity index (χ3n) is 3.47. The van der Waals surface area contributed by atoms with Crippen LogP contribution in [0.2, 0.25) is 0 Å². The maximum absolute atomic E-state index is 11.8. The molecule has 0 unspecified atom stereocenters. The lowest BCUT2D eigenvalue weighted by Crippen LogP contribution is -2.51. The molecule has 1 aromatic rings. The van der Waals surface area contributed by atoms with Gasteiger partial charge in [-0.05, 0) is 26.0 Å². The maximum atomic E-state index is 11.8. The molecule has 2 rings (SSSR count). The van der Waals surface area contributed by atoms with Crippen molar-refractivity contribution >= 4 is 11.8 Å². The molecule has 0 amide bonds. The molecule has 2 heterocycles. The molecule has 1 fully saturated rings. The average Bonchev–Trinajstić information content (AvgIpc) is 2.45. The largest absolute Gasteiger partial charge is 0.465 e. The van der Waals surface area contributed by atoms with Crippen LogP contribution in [0.1, 0.15) is 24.2 Å². The summed E-state index contributed by atoms with van der Waals surface area (Å²) in [7, 11) is 1.38. The molecule has 1 saturated heterocycles. The van der Waals surface area contributed by atoms with Crippen molar-refractivity contribution in [3.63, 3.8) is 0 Å². The molecule has 116 valence electrons. The number of aliphatic hydroxyl groups is 1. The molecule has 6 heteroatoms. The van der Waals surface area contributed by atoms with E-state index in [-0.39, 0.29) is 5.97 Å². The van der Waals surface area contributed by atoms with Crippen LogP contribution in [0.15, 0.2) is 18.3 Å². The predicted octanol–water partition coefficient (Wildman–Crippen LogP) is 0.761. The molecule has 1 aliphatic heterocycles. The minimum Gasteiger partial charge on any atom is -0.465 e. The summed E-state index contributed by atoms with van der Waals surface area (Å²) in [4.78, 5) is 20.4. The zero-order valence-electron chi connectivity index (χ0n) is 12.9. The van der Waals surface area contributed by atoms with Crippen LogP contribution in [-0.2, 0) is 4.74 Å². The van der Waals surface area contributed by atoms with Gasteiger partial charge in [0.1, 0.15) is 11.4 Å². The van der Waals surface area contributed by atoms with Crippen LogP contribution in [-0.4, -0.2) is 66.4 Å². The van der Waals surface area contributed by atoms with Crippen molar-refractivity contribution in [1.82, 2.24) is 9.88 Å². The zero-order valence-corrected chi connectivity index (χ0v) is 12.9. The summed E-state index contributed by atoms with van der Waals surface area (Å²) in [6.45, 7) is 7.49. The van der Waals surface area contributed by atoms with Gasteiger partial charge in [0, 0.05) is 38.9 Å². The number of methoxy groups -OCH3 is 1. The minimum atomic E-state index is -0.690. The van der Waals surface area contributed by atoms with E-state index in [1.807, 2.05) is 13.8 Å². The van der Waals surface area contributed by atoms with Gasteiger partial charge < -0.3 is 14.7 Å². The van der Waals surface area contributed by atoms with E-state index in [0.717, 1.165) is 26.2 Å². The molecule has 1 aliphatic rings. The van der Waals surface area contributed by atoms with Crippen LogP contribution < -0.4 is 4.90 Å². The van der Waals surface area contributed by atoms with E-state index in [9.17, 15) is 9.90 Å². The van der Waals surface area contributed by atoms with Crippen LogP contribution in [0.3, 0.4) is 0 Å². The fraction of sp³-hybridized carbons (Fsp3) is 0.600. The van der Waals surface area contributed by atoms with Crippen molar-refractivity contribution < 1.29 is 14.6 Å². The van der Waals surface area contributed by atoms with Crippen LogP contribution >= 0.6 is 0 Å². The average molecular weight is 293 g/mol. The Morgan fingerprint density at radius 2 is 2.05 bits per heavy atom. The van der Waals surface area contributed by atoms with E-state index in [1.165, 1.54) is 7.11 Å². The first-order valence-electron chi connectivity index (χ1n) is 7.14. The number of β-amino-alcohol motifs (C(OH)–C–C–N with tert-alkyl or cyclic N) is 1. The van der Waals surface area contributed by atoms with Gasteiger partial charge in [0.15, 0.2) is 0 Å². The lowest BCUT2D eigenvalue weighted by molar-refractivity contribution is 0.0344. The molecule has 1 N–H and O–H groups in total. The molecule has 1 aromatic heterocycles. The molecular weight excluding hydrogens is 270 g/mol. The highest BCUT2D eigenvalue weighted by Crippen LogP contribution is 2.20. The monoisotopic (exact) mass is 293 g/mol. The highest BCUT2D eigenvalue weighted by atomic mass is 16.5. The SMILES string of the molecule is COC(=O)c1cccnc1N1CCN(CC(C)(C)O)CC1. The second-order valence-corrected chi connectivity index (χ2v) is 5.94. The molecule has 0 aromatic carbocycles. The van der Waals surface area contributed by atoms with E-state index < -0.39 is 5.60 Å². The van der Waals surface area contributed by atoms with Crippen molar-refractivity contribution in [2.75, 3.05) is 44.7 Å². The Kier molecular flexibility index (Phi) is 4.80. The number of nitrogens with zero attached hydrogens (tertiary/aromatic N) is 3. The Labute approximate surface area is 125 Å². The number of esters is 1. The van der Waals surface area contributed by atoms with E-state index >= 15 is 0 Å². The Morgan fingerprint density at radius 3 is 2.62 bits per heavy atom. The van der Waals surface area contributed by atoms with Crippen molar-refractivity contribution in [2.45, 2.75) is 19.4 Å². The summed E-state index contributed by atoms with van der Waals surface area (Å²) in [5.41, 5.74) is -0.194. The van der Waals surface area contributed by atoms with E-state index in [0.29, 0.717) is 17.9 Å². The summed E-state index contributed by atoms with van der Waals surface area (Å²) >= 11 is 0. The lowest BCUT2D eigenvalue weighted by atomic mass is 10.1.